The molecule has 0 unspecified atom stereocenters. The third-order valence-corrected chi connectivity index (χ3v) is 7.31. The molecule has 0 fully saturated rings. The van der Waals surface area contributed by atoms with Crippen LogP contribution in [0.15, 0.2) is 132 Å². The molecule has 0 bridgehead atoms. The molecule has 4 heteroatoms. The Morgan fingerprint density at radius 2 is 0.923 bits per heavy atom. The summed E-state index contributed by atoms with van der Waals surface area (Å²) in [6.45, 7) is 0. The van der Waals surface area contributed by atoms with Gasteiger partial charge in [0.05, 0.1) is 0 Å². The summed E-state index contributed by atoms with van der Waals surface area (Å²) < 4.78 is 6.29. The fraction of sp³-hybridized carbons (Fsp3) is 0. The van der Waals surface area contributed by atoms with Crippen LogP contribution in [0.25, 0.3) is 77.6 Å². The van der Waals surface area contributed by atoms with E-state index in [0.717, 1.165) is 54.8 Å². The molecule has 6 aromatic carbocycles. The normalized spacial score (nSPS) is 11.6. The van der Waals surface area contributed by atoms with Gasteiger partial charge in [-0.15, -0.1) is 0 Å². The number of para-hydroxylation sites is 1. The zero-order chi connectivity index (χ0) is 25.8. The summed E-state index contributed by atoms with van der Waals surface area (Å²) in [5.74, 6) is 1.97. The number of hydrogen-bond acceptors (Lipinski definition) is 4. The molecule has 4 nitrogen and oxygen atoms in total. The molecule has 2 aromatic heterocycles. The summed E-state index contributed by atoms with van der Waals surface area (Å²) in [7, 11) is 0. The fourth-order valence-corrected chi connectivity index (χ4v) is 5.41. The first-order valence-corrected chi connectivity index (χ1v) is 13.0. The van der Waals surface area contributed by atoms with Gasteiger partial charge in [-0.25, -0.2) is 15.0 Å². The van der Waals surface area contributed by atoms with Crippen molar-refractivity contribution in [3.63, 3.8) is 0 Å². The summed E-state index contributed by atoms with van der Waals surface area (Å²) in [5, 5.41) is 6.85. The smallest absolute Gasteiger partial charge is 0.164 e. The number of benzene rings is 6. The van der Waals surface area contributed by atoms with E-state index in [1.54, 1.807) is 0 Å². The van der Waals surface area contributed by atoms with Gasteiger partial charge in [0, 0.05) is 32.8 Å². The Kier molecular flexibility index (Phi) is 4.79. The van der Waals surface area contributed by atoms with E-state index < -0.39 is 0 Å². The Bertz CT molecular complexity index is 2110. The van der Waals surface area contributed by atoms with Crippen molar-refractivity contribution >= 4 is 43.5 Å². The molecule has 0 aliphatic carbocycles. The van der Waals surface area contributed by atoms with E-state index in [1.807, 2.05) is 72.8 Å². The van der Waals surface area contributed by atoms with Crippen molar-refractivity contribution in [2.24, 2.45) is 0 Å². The Morgan fingerprint density at radius 3 is 1.64 bits per heavy atom. The zero-order valence-corrected chi connectivity index (χ0v) is 20.9. The fourth-order valence-electron chi connectivity index (χ4n) is 5.41. The topological polar surface area (TPSA) is 51.8 Å². The molecule has 0 amide bonds. The quantitative estimate of drug-likeness (QED) is 0.228. The monoisotopic (exact) mass is 499 g/mol. The van der Waals surface area contributed by atoms with E-state index in [4.69, 9.17) is 19.4 Å². The maximum Gasteiger partial charge on any atom is 0.164 e. The highest BCUT2D eigenvalue weighted by atomic mass is 16.3. The van der Waals surface area contributed by atoms with Gasteiger partial charge >= 0.3 is 0 Å². The molecule has 182 valence electrons. The molecule has 8 rings (SSSR count). The molecular weight excluding hydrogens is 478 g/mol. The Hall–Kier alpha value is -5.35. The standard InChI is InChI=1S/C35H21N3O/c1-3-9-22(10-4-1)33-36-34(23-11-5-2-6-12-23)38-35(37-33)25-16-17-26-24(21-25)15-18-29-27(26)19-20-30-28-13-7-8-14-31(28)39-32(29)30/h1-21H. The molecule has 2 heterocycles. The maximum absolute atomic E-state index is 6.29. The summed E-state index contributed by atoms with van der Waals surface area (Å²) >= 11 is 0. The summed E-state index contributed by atoms with van der Waals surface area (Å²) in [6.07, 6.45) is 0. The average Bonchev–Trinajstić information content (AvgIpc) is 3.40. The lowest BCUT2D eigenvalue weighted by atomic mass is 9.98. The van der Waals surface area contributed by atoms with Gasteiger partial charge in [0.25, 0.3) is 0 Å². The van der Waals surface area contributed by atoms with Crippen LogP contribution < -0.4 is 0 Å². The molecule has 0 aliphatic rings. The number of fused-ring (bicyclic) bond motifs is 7. The predicted molar refractivity (Wildman–Crippen MR) is 158 cm³/mol. The third kappa shape index (κ3) is 3.57. The molecule has 0 radical (unpaired) electrons. The minimum Gasteiger partial charge on any atom is -0.455 e. The lowest BCUT2D eigenvalue weighted by Crippen LogP contribution is -2.00. The van der Waals surface area contributed by atoms with Crippen LogP contribution >= 0.6 is 0 Å². The molecule has 0 aliphatic heterocycles. The van der Waals surface area contributed by atoms with Crippen LogP contribution in [0, 0.1) is 0 Å². The van der Waals surface area contributed by atoms with Crippen molar-refractivity contribution in [1.82, 2.24) is 15.0 Å². The highest BCUT2D eigenvalue weighted by Gasteiger charge is 2.15. The maximum atomic E-state index is 6.29. The molecule has 0 saturated heterocycles. The van der Waals surface area contributed by atoms with Crippen molar-refractivity contribution in [2.75, 3.05) is 0 Å². The van der Waals surface area contributed by atoms with E-state index in [0.29, 0.717) is 17.5 Å². The summed E-state index contributed by atoms with van der Waals surface area (Å²) in [6, 6.07) is 43.4. The molecule has 0 saturated carbocycles. The summed E-state index contributed by atoms with van der Waals surface area (Å²) in [5.41, 5.74) is 4.70. The first-order valence-electron chi connectivity index (χ1n) is 13.0. The van der Waals surface area contributed by atoms with E-state index in [2.05, 4.69) is 54.6 Å². The molecule has 0 N–H and O–H groups in total. The second kappa shape index (κ2) is 8.61. The minimum absolute atomic E-state index is 0.650. The van der Waals surface area contributed by atoms with Crippen molar-refractivity contribution in [3.8, 4) is 34.2 Å². The van der Waals surface area contributed by atoms with Gasteiger partial charge in [-0.05, 0) is 40.4 Å². The summed E-state index contributed by atoms with van der Waals surface area (Å²) in [4.78, 5) is 14.6. The lowest BCUT2D eigenvalue weighted by molar-refractivity contribution is 0.672. The van der Waals surface area contributed by atoms with Crippen LogP contribution in [0.3, 0.4) is 0 Å². The van der Waals surface area contributed by atoms with Gasteiger partial charge in [0.15, 0.2) is 17.5 Å². The van der Waals surface area contributed by atoms with Gasteiger partial charge in [-0.2, -0.15) is 0 Å². The second-order valence-corrected chi connectivity index (χ2v) is 9.68. The van der Waals surface area contributed by atoms with Crippen LogP contribution in [-0.2, 0) is 0 Å². The van der Waals surface area contributed by atoms with E-state index in [1.165, 1.54) is 5.39 Å². The average molecular weight is 500 g/mol. The van der Waals surface area contributed by atoms with Gasteiger partial charge in [-0.1, -0.05) is 103 Å². The SMILES string of the molecule is c1ccc(-c2nc(-c3ccccc3)nc(-c3ccc4c(ccc5c4ccc4c6ccccc6oc45)c3)n2)cc1. The molecule has 0 atom stereocenters. The number of nitrogens with zero attached hydrogens (tertiary/aromatic N) is 3. The van der Waals surface area contributed by atoms with Crippen LogP contribution in [0.2, 0.25) is 0 Å². The minimum atomic E-state index is 0.650. The lowest BCUT2D eigenvalue weighted by Gasteiger charge is -2.10. The Balaban J connectivity index is 1.31. The Morgan fingerprint density at radius 1 is 0.385 bits per heavy atom. The predicted octanol–water partition coefficient (Wildman–Crippen LogP) is 9.08. The first kappa shape index (κ1) is 21.7. The first-order chi connectivity index (χ1) is 19.3. The third-order valence-electron chi connectivity index (χ3n) is 7.31. The van der Waals surface area contributed by atoms with Crippen molar-refractivity contribution in [2.45, 2.75) is 0 Å². The van der Waals surface area contributed by atoms with Crippen molar-refractivity contribution < 1.29 is 4.42 Å². The highest BCUT2D eigenvalue weighted by molar-refractivity contribution is 6.20. The number of aromatic nitrogens is 3. The van der Waals surface area contributed by atoms with E-state index in [9.17, 15) is 0 Å². The molecule has 0 spiro atoms. The van der Waals surface area contributed by atoms with Crippen molar-refractivity contribution in [3.05, 3.63) is 127 Å². The molecule has 39 heavy (non-hydrogen) atoms. The van der Waals surface area contributed by atoms with Gasteiger partial charge in [0.1, 0.15) is 11.2 Å². The Labute approximate surface area is 224 Å². The molecular formula is C35H21N3O. The van der Waals surface area contributed by atoms with Gasteiger partial charge in [-0.3, -0.25) is 0 Å². The zero-order valence-electron chi connectivity index (χ0n) is 20.9. The van der Waals surface area contributed by atoms with Crippen LogP contribution in [0.5, 0.6) is 0 Å². The van der Waals surface area contributed by atoms with Crippen molar-refractivity contribution in [1.29, 1.82) is 0 Å². The van der Waals surface area contributed by atoms with Crippen LogP contribution in [0.1, 0.15) is 0 Å². The molecule has 8 aromatic rings. The van der Waals surface area contributed by atoms with Crippen LogP contribution in [0.4, 0.5) is 0 Å². The van der Waals surface area contributed by atoms with Gasteiger partial charge in [0.2, 0.25) is 0 Å². The van der Waals surface area contributed by atoms with E-state index >= 15 is 0 Å². The van der Waals surface area contributed by atoms with E-state index in [-0.39, 0.29) is 0 Å². The highest BCUT2D eigenvalue weighted by Crippen LogP contribution is 2.37. The number of rotatable bonds is 3. The number of furan rings is 1. The van der Waals surface area contributed by atoms with Gasteiger partial charge < -0.3 is 4.42 Å². The number of hydrogen-bond donors (Lipinski definition) is 0. The largest absolute Gasteiger partial charge is 0.455 e. The van der Waals surface area contributed by atoms with Crippen LogP contribution in [-0.4, -0.2) is 15.0 Å². The second-order valence-electron chi connectivity index (χ2n) is 9.68.